The average Bonchev–Trinajstić information content (AvgIpc) is 3.13. The van der Waals surface area contributed by atoms with Crippen LogP contribution in [0.3, 0.4) is 0 Å². The summed E-state index contributed by atoms with van der Waals surface area (Å²) in [6.07, 6.45) is 4.25. The molecule has 0 unspecified atom stereocenters. The molecule has 0 fully saturated rings. The van der Waals surface area contributed by atoms with E-state index < -0.39 is 10.0 Å². The quantitative estimate of drug-likeness (QED) is 0.891. The Morgan fingerprint density at radius 2 is 2.29 bits per heavy atom. The number of rotatable bonds is 5. The predicted octanol–water partition coefficient (Wildman–Crippen LogP) is 1.07. The molecule has 3 heterocycles. The maximum Gasteiger partial charge on any atom is 0.246 e. The third-order valence-electron chi connectivity index (χ3n) is 3.57. The van der Waals surface area contributed by atoms with Gasteiger partial charge in [0.05, 0.1) is 6.20 Å². The molecule has 8 heteroatoms. The van der Waals surface area contributed by atoms with Gasteiger partial charge in [-0.05, 0) is 29.9 Å². The van der Waals surface area contributed by atoms with Gasteiger partial charge in [0.2, 0.25) is 10.0 Å². The van der Waals surface area contributed by atoms with Crippen LogP contribution in [0, 0.1) is 0 Å². The molecule has 2 aromatic heterocycles. The van der Waals surface area contributed by atoms with E-state index in [0.29, 0.717) is 26.1 Å². The van der Waals surface area contributed by atoms with E-state index in [1.807, 2.05) is 11.4 Å². The van der Waals surface area contributed by atoms with Gasteiger partial charge in [0, 0.05) is 37.3 Å². The van der Waals surface area contributed by atoms with Crippen molar-refractivity contribution in [3.63, 3.8) is 0 Å². The first kappa shape index (κ1) is 14.7. The second-order valence-corrected chi connectivity index (χ2v) is 7.91. The number of fused-ring (bicyclic) bond motifs is 1. The normalized spacial score (nSPS) is 16.0. The minimum absolute atomic E-state index is 0.0645. The van der Waals surface area contributed by atoms with Crippen LogP contribution in [0.5, 0.6) is 0 Å². The van der Waals surface area contributed by atoms with Gasteiger partial charge in [-0.3, -0.25) is 4.68 Å². The Bertz CT molecular complexity index is 721. The standard InChI is InChI=1S/C13H17N3O3S2/c17-6-1-4-15-10-12(8-14-15)21(18,19)16-5-2-13-11(9-16)3-7-20-13/h3,7-8,10,17H,1-2,4-6,9H2. The van der Waals surface area contributed by atoms with Crippen molar-refractivity contribution in [1.82, 2.24) is 14.1 Å². The fourth-order valence-corrected chi connectivity index (χ4v) is 4.67. The van der Waals surface area contributed by atoms with Gasteiger partial charge in [0.1, 0.15) is 4.90 Å². The van der Waals surface area contributed by atoms with E-state index in [1.165, 1.54) is 21.6 Å². The topological polar surface area (TPSA) is 75.4 Å². The zero-order chi connectivity index (χ0) is 14.9. The molecule has 6 nitrogen and oxygen atoms in total. The summed E-state index contributed by atoms with van der Waals surface area (Å²) in [5.41, 5.74) is 1.10. The van der Waals surface area contributed by atoms with Crippen LogP contribution >= 0.6 is 11.3 Å². The monoisotopic (exact) mass is 327 g/mol. The average molecular weight is 327 g/mol. The number of aliphatic hydroxyl groups excluding tert-OH is 1. The molecular weight excluding hydrogens is 310 g/mol. The summed E-state index contributed by atoms with van der Waals surface area (Å²) in [6.45, 7) is 1.52. The third kappa shape index (κ3) is 2.89. The maximum atomic E-state index is 12.6. The van der Waals surface area contributed by atoms with Crippen molar-refractivity contribution in [2.24, 2.45) is 0 Å². The van der Waals surface area contributed by atoms with E-state index in [1.54, 1.807) is 16.0 Å². The van der Waals surface area contributed by atoms with E-state index in [0.717, 1.165) is 12.0 Å². The van der Waals surface area contributed by atoms with E-state index >= 15 is 0 Å². The zero-order valence-corrected chi connectivity index (χ0v) is 13.1. The number of hydrogen-bond donors (Lipinski definition) is 1. The molecule has 0 spiro atoms. The van der Waals surface area contributed by atoms with E-state index in [-0.39, 0.29) is 11.5 Å². The van der Waals surface area contributed by atoms with Gasteiger partial charge in [-0.15, -0.1) is 11.3 Å². The highest BCUT2D eigenvalue weighted by Crippen LogP contribution is 2.27. The lowest BCUT2D eigenvalue weighted by Crippen LogP contribution is -2.35. The first-order valence-electron chi connectivity index (χ1n) is 6.80. The lowest BCUT2D eigenvalue weighted by atomic mass is 10.1. The predicted molar refractivity (Wildman–Crippen MR) is 79.5 cm³/mol. The summed E-state index contributed by atoms with van der Waals surface area (Å²) >= 11 is 1.69. The van der Waals surface area contributed by atoms with Crippen molar-refractivity contribution < 1.29 is 13.5 Å². The molecule has 3 rings (SSSR count). The maximum absolute atomic E-state index is 12.6. The van der Waals surface area contributed by atoms with Crippen LogP contribution < -0.4 is 0 Å². The third-order valence-corrected chi connectivity index (χ3v) is 6.39. The van der Waals surface area contributed by atoms with Gasteiger partial charge in [0.25, 0.3) is 0 Å². The Morgan fingerprint density at radius 3 is 3.10 bits per heavy atom. The Morgan fingerprint density at radius 1 is 1.43 bits per heavy atom. The molecule has 0 amide bonds. The number of hydrogen-bond acceptors (Lipinski definition) is 5. The summed E-state index contributed by atoms with van der Waals surface area (Å²) in [5, 5.41) is 14.9. The van der Waals surface area contributed by atoms with E-state index in [4.69, 9.17) is 5.11 Å². The van der Waals surface area contributed by atoms with E-state index in [2.05, 4.69) is 5.10 Å². The van der Waals surface area contributed by atoms with E-state index in [9.17, 15) is 8.42 Å². The Balaban J connectivity index is 1.79. The minimum Gasteiger partial charge on any atom is -0.396 e. The Labute approximate surface area is 127 Å². The molecule has 0 aliphatic carbocycles. The van der Waals surface area contributed by atoms with Crippen LogP contribution in [0.15, 0.2) is 28.7 Å². The van der Waals surface area contributed by atoms with Crippen LogP contribution in [0.2, 0.25) is 0 Å². The molecule has 0 aromatic carbocycles. The summed E-state index contributed by atoms with van der Waals surface area (Å²) in [6, 6.07) is 1.99. The smallest absolute Gasteiger partial charge is 0.246 e. The number of nitrogens with zero attached hydrogens (tertiary/aromatic N) is 3. The van der Waals surface area contributed by atoms with Gasteiger partial charge in [0.15, 0.2) is 0 Å². The number of aryl methyl sites for hydroxylation is 1. The number of thiophene rings is 1. The van der Waals surface area contributed by atoms with Crippen LogP contribution in [0.1, 0.15) is 16.9 Å². The molecule has 0 atom stereocenters. The highest BCUT2D eigenvalue weighted by Gasteiger charge is 2.29. The number of aromatic nitrogens is 2. The van der Waals surface area contributed by atoms with Crippen molar-refractivity contribution >= 4 is 21.4 Å². The van der Waals surface area contributed by atoms with Gasteiger partial charge in [-0.1, -0.05) is 0 Å². The fourth-order valence-electron chi connectivity index (χ4n) is 2.41. The van der Waals surface area contributed by atoms with Gasteiger partial charge in [-0.2, -0.15) is 9.40 Å². The van der Waals surface area contributed by atoms with Gasteiger partial charge < -0.3 is 5.11 Å². The molecule has 21 heavy (non-hydrogen) atoms. The van der Waals surface area contributed by atoms with Crippen molar-refractivity contribution in [3.8, 4) is 0 Å². The molecule has 1 N–H and O–H groups in total. The summed E-state index contributed by atoms with van der Waals surface area (Å²) < 4.78 is 28.3. The lowest BCUT2D eigenvalue weighted by molar-refractivity contribution is 0.277. The van der Waals surface area contributed by atoms with Crippen LogP contribution in [-0.4, -0.2) is 40.8 Å². The fraction of sp³-hybridized carbons (Fsp3) is 0.462. The molecule has 114 valence electrons. The Hall–Kier alpha value is -1.22. The highest BCUT2D eigenvalue weighted by molar-refractivity contribution is 7.89. The molecule has 0 bridgehead atoms. The number of sulfonamides is 1. The molecule has 0 radical (unpaired) electrons. The van der Waals surface area contributed by atoms with Crippen molar-refractivity contribution in [2.45, 2.75) is 30.8 Å². The number of aliphatic hydroxyl groups is 1. The van der Waals surface area contributed by atoms with Gasteiger partial charge >= 0.3 is 0 Å². The molecule has 1 aliphatic heterocycles. The molecule has 0 saturated carbocycles. The molecule has 1 aliphatic rings. The molecular formula is C13H17N3O3S2. The molecule has 2 aromatic rings. The van der Waals surface area contributed by atoms with Crippen molar-refractivity contribution in [1.29, 1.82) is 0 Å². The van der Waals surface area contributed by atoms with Crippen molar-refractivity contribution in [2.75, 3.05) is 13.2 Å². The first-order valence-corrected chi connectivity index (χ1v) is 9.12. The molecule has 0 saturated heterocycles. The minimum atomic E-state index is -3.49. The summed E-state index contributed by atoms with van der Waals surface area (Å²) in [4.78, 5) is 1.50. The first-order chi connectivity index (χ1) is 10.1. The largest absolute Gasteiger partial charge is 0.396 e. The summed E-state index contributed by atoms with van der Waals surface area (Å²) in [5.74, 6) is 0. The second kappa shape index (κ2) is 5.88. The zero-order valence-electron chi connectivity index (χ0n) is 11.5. The second-order valence-electron chi connectivity index (χ2n) is 4.97. The SMILES string of the molecule is O=S(=O)(c1cnn(CCCO)c1)N1CCc2sccc2C1. The van der Waals surface area contributed by atoms with Crippen LogP contribution in [0.4, 0.5) is 0 Å². The highest BCUT2D eigenvalue weighted by atomic mass is 32.2. The Kier molecular flexibility index (Phi) is 4.12. The lowest BCUT2D eigenvalue weighted by Gasteiger charge is -2.25. The summed E-state index contributed by atoms with van der Waals surface area (Å²) in [7, 11) is -3.49. The van der Waals surface area contributed by atoms with Crippen LogP contribution in [0.25, 0.3) is 0 Å². The van der Waals surface area contributed by atoms with Crippen LogP contribution in [-0.2, 0) is 29.5 Å². The van der Waals surface area contributed by atoms with Gasteiger partial charge in [-0.25, -0.2) is 8.42 Å². The van der Waals surface area contributed by atoms with Crippen molar-refractivity contribution in [3.05, 3.63) is 34.3 Å².